The van der Waals surface area contributed by atoms with Crippen molar-refractivity contribution in [1.29, 1.82) is 0 Å². The molecule has 2 amide bonds. The molecule has 1 aromatic carbocycles. The lowest BCUT2D eigenvalue weighted by atomic mass is 10.1. The molecule has 1 saturated heterocycles. The van der Waals surface area contributed by atoms with Gasteiger partial charge in [0.1, 0.15) is 11.4 Å². The van der Waals surface area contributed by atoms with Crippen molar-refractivity contribution < 1.29 is 19.1 Å². The molecule has 2 rings (SSSR count). The van der Waals surface area contributed by atoms with Crippen LogP contribution < -0.4 is 10.1 Å². The monoisotopic (exact) mass is 374 g/mol. The maximum atomic E-state index is 12.1. The SMILES string of the molecule is CCOc1ccc(/C=C/C(=O)NC2CCN(C(=O)OC(C)(C)C)CC2)cc1. The molecule has 0 unspecified atom stereocenters. The fourth-order valence-electron chi connectivity index (χ4n) is 2.80. The predicted molar refractivity (Wildman–Crippen MR) is 106 cm³/mol. The normalized spacial score (nSPS) is 15.6. The summed E-state index contributed by atoms with van der Waals surface area (Å²) in [6.45, 7) is 9.31. The number of likely N-dealkylation sites (tertiary alicyclic amines) is 1. The van der Waals surface area contributed by atoms with Crippen LogP contribution in [-0.2, 0) is 9.53 Å². The maximum Gasteiger partial charge on any atom is 0.410 e. The summed E-state index contributed by atoms with van der Waals surface area (Å²) < 4.78 is 10.8. The third kappa shape index (κ3) is 7.33. The summed E-state index contributed by atoms with van der Waals surface area (Å²) >= 11 is 0. The lowest BCUT2D eigenvalue weighted by molar-refractivity contribution is -0.117. The standard InChI is InChI=1S/C21H30N2O4/c1-5-26-18-9-6-16(7-10-18)8-11-19(24)22-17-12-14-23(15-13-17)20(25)27-21(2,3)4/h6-11,17H,5,12-15H2,1-4H3,(H,22,24)/b11-8+. The third-order valence-electron chi connectivity index (χ3n) is 4.11. The Bertz CT molecular complexity index is 654. The van der Waals surface area contributed by atoms with Crippen LogP contribution in [0.15, 0.2) is 30.3 Å². The Labute approximate surface area is 161 Å². The Balaban J connectivity index is 1.76. The van der Waals surface area contributed by atoms with E-state index in [2.05, 4.69) is 5.32 Å². The van der Waals surface area contributed by atoms with Crippen LogP contribution in [0.1, 0.15) is 46.1 Å². The summed E-state index contributed by atoms with van der Waals surface area (Å²) in [6, 6.07) is 7.66. The first kappa shape index (κ1) is 20.8. The predicted octanol–water partition coefficient (Wildman–Crippen LogP) is 3.61. The van der Waals surface area contributed by atoms with Crippen LogP contribution in [0, 0.1) is 0 Å². The topological polar surface area (TPSA) is 67.9 Å². The first-order valence-corrected chi connectivity index (χ1v) is 9.46. The first-order valence-electron chi connectivity index (χ1n) is 9.46. The lowest BCUT2D eigenvalue weighted by Crippen LogP contribution is -2.47. The van der Waals surface area contributed by atoms with Crippen molar-refractivity contribution >= 4 is 18.1 Å². The average molecular weight is 374 g/mol. The number of hydrogen-bond acceptors (Lipinski definition) is 4. The van der Waals surface area contributed by atoms with E-state index in [-0.39, 0.29) is 18.0 Å². The van der Waals surface area contributed by atoms with Crippen LogP contribution in [0.25, 0.3) is 6.08 Å². The van der Waals surface area contributed by atoms with E-state index in [0.717, 1.165) is 24.2 Å². The zero-order valence-electron chi connectivity index (χ0n) is 16.7. The zero-order chi connectivity index (χ0) is 19.9. The Hall–Kier alpha value is -2.50. The van der Waals surface area contributed by atoms with Crippen molar-refractivity contribution in [1.82, 2.24) is 10.2 Å². The summed E-state index contributed by atoms with van der Waals surface area (Å²) in [4.78, 5) is 25.9. The van der Waals surface area contributed by atoms with Gasteiger partial charge in [0, 0.05) is 25.2 Å². The van der Waals surface area contributed by atoms with Crippen molar-refractivity contribution in [2.24, 2.45) is 0 Å². The van der Waals surface area contributed by atoms with Crippen molar-refractivity contribution in [3.05, 3.63) is 35.9 Å². The van der Waals surface area contributed by atoms with Crippen LogP contribution in [0.5, 0.6) is 5.75 Å². The number of piperidine rings is 1. The summed E-state index contributed by atoms with van der Waals surface area (Å²) in [5.74, 6) is 0.690. The minimum absolute atomic E-state index is 0.0705. The molecule has 148 valence electrons. The Morgan fingerprint density at radius 3 is 2.37 bits per heavy atom. The Morgan fingerprint density at radius 2 is 1.81 bits per heavy atom. The lowest BCUT2D eigenvalue weighted by Gasteiger charge is -2.33. The second-order valence-corrected chi connectivity index (χ2v) is 7.59. The Kier molecular flexibility index (Phi) is 7.28. The van der Waals surface area contributed by atoms with E-state index in [0.29, 0.717) is 19.7 Å². The van der Waals surface area contributed by atoms with Gasteiger partial charge in [-0.25, -0.2) is 4.79 Å². The number of ether oxygens (including phenoxy) is 2. The van der Waals surface area contributed by atoms with Gasteiger partial charge in [-0.3, -0.25) is 4.79 Å². The van der Waals surface area contributed by atoms with Gasteiger partial charge in [0.15, 0.2) is 0 Å². The van der Waals surface area contributed by atoms with Crippen LogP contribution in [0.2, 0.25) is 0 Å². The fraction of sp³-hybridized carbons (Fsp3) is 0.524. The molecule has 1 aliphatic heterocycles. The molecule has 1 aromatic rings. The highest BCUT2D eigenvalue weighted by atomic mass is 16.6. The van der Waals surface area contributed by atoms with Gasteiger partial charge in [-0.1, -0.05) is 12.1 Å². The first-order chi connectivity index (χ1) is 12.8. The largest absolute Gasteiger partial charge is 0.494 e. The molecule has 0 atom stereocenters. The number of benzene rings is 1. The number of nitrogens with zero attached hydrogens (tertiary/aromatic N) is 1. The third-order valence-corrected chi connectivity index (χ3v) is 4.11. The molecule has 0 spiro atoms. The van der Waals surface area contributed by atoms with Crippen molar-refractivity contribution in [3.63, 3.8) is 0 Å². The van der Waals surface area contributed by atoms with E-state index in [4.69, 9.17) is 9.47 Å². The van der Waals surface area contributed by atoms with Gasteiger partial charge in [0.05, 0.1) is 6.61 Å². The van der Waals surface area contributed by atoms with Gasteiger partial charge in [0.25, 0.3) is 0 Å². The van der Waals surface area contributed by atoms with Gasteiger partial charge in [-0.15, -0.1) is 0 Å². The molecule has 6 heteroatoms. The molecule has 1 fully saturated rings. The smallest absolute Gasteiger partial charge is 0.410 e. The molecule has 1 aliphatic rings. The highest BCUT2D eigenvalue weighted by molar-refractivity contribution is 5.91. The van der Waals surface area contributed by atoms with Crippen LogP contribution in [0.4, 0.5) is 4.79 Å². The highest BCUT2D eigenvalue weighted by Crippen LogP contribution is 2.16. The number of hydrogen-bond donors (Lipinski definition) is 1. The number of carbonyl (C=O) groups excluding carboxylic acids is 2. The molecule has 0 radical (unpaired) electrons. The number of nitrogens with one attached hydrogen (secondary N) is 1. The summed E-state index contributed by atoms with van der Waals surface area (Å²) in [5.41, 5.74) is 0.446. The quantitative estimate of drug-likeness (QED) is 0.800. The molecular formula is C21H30N2O4. The molecular weight excluding hydrogens is 344 g/mol. The maximum absolute atomic E-state index is 12.1. The summed E-state index contributed by atoms with van der Waals surface area (Å²) in [5, 5.41) is 3.00. The second kappa shape index (κ2) is 9.44. The number of carbonyl (C=O) groups is 2. The van der Waals surface area contributed by atoms with E-state index in [1.165, 1.54) is 6.08 Å². The zero-order valence-corrected chi connectivity index (χ0v) is 16.7. The van der Waals surface area contributed by atoms with E-state index < -0.39 is 5.60 Å². The van der Waals surface area contributed by atoms with E-state index >= 15 is 0 Å². The van der Waals surface area contributed by atoms with Gasteiger partial charge in [0.2, 0.25) is 5.91 Å². The van der Waals surface area contributed by atoms with Crippen LogP contribution in [0.3, 0.4) is 0 Å². The Morgan fingerprint density at radius 1 is 1.19 bits per heavy atom. The van der Waals surface area contributed by atoms with E-state index in [1.54, 1.807) is 11.0 Å². The number of amides is 2. The minimum Gasteiger partial charge on any atom is -0.494 e. The van der Waals surface area contributed by atoms with Crippen LogP contribution in [-0.4, -0.2) is 48.2 Å². The summed E-state index contributed by atoms with van der Waals surface area (Å²) in [6.07, 6.45) is 4.48. The summed E-state index contributed by atoms with van der Waals surface area (Å²) in [7, 11) is 0. The van der Waals surface area contributed by atoms with E-state index in [9.17, 15) is 9.59 Å². The van der Waals surface area contributed by atoms with E-state index in [1.807, 2.05) is 52.0 Å². The van der Waals surface area contributed by atoms with Crippen LogP contribution >= 0.6 is 0 Å². The molecule has 0 saturated carbocycles. The highest BCUT2D eigenvalue weighted by Gasteiger charge is 2.27. The molecule has 0 bridgehead atoms. The minimum atomic E-state index is -0.492. The van der Waals surface area contributed by atoms with Crippen molar-refractivity contribution in [2.75, 3.05) is 19.7 Å². The van der Waals surface area contributed by atoms with Gasteiger partial charge >= 0.3 is 6.09 Å². The van der Waals surface area contributed by atoms with Gasteiger partial charge in [-0.2, -0.15) is 0 Å². The fourth-order valence-corrected chi connectivity index (χ4v) is 2.80. The molecule has 0 aromatic heterocycles. The molecule has 1 heterocycles. The van der Waals surface area contributed by atoms with Gasteiger partial charge in [-0.05, 0) is 64.3 Å². The second-order valence-electron chi connectivity index (χ2n) is 7.59. The molecule has 27 heavy (non-hydrogen) atoms. The number of rotatable bonds is 5. The van der Waals surface area contributed by atoms with Crippen molar-refractivity contribution in [3.8, 4) is 5.75 Å². The molecule has 6 nitrogen and oxygen atoms in total. The van der Waals surface area contributed by atoms with Gasteiger partial charge < -0.3 is 19.7 Å². The average Bonchev–Trinajstić information content (AvgIpc) is 2.60. The molecule has 0 aliphatic carbocycles. The molecule has 1 N–H and O–H groups in total. The van der Waals surface area contributed by atoms with Crippen molar-refractivity contribution in [2.45, 2.75) is 52.2 Å².